The lowest BCUT2D eigenvalue weighted by Gasteiger charge is -2.49. The highest BCUT2D eigenvalue weighted by Crippen LogP contribution is 2.38. The molecule has 3 aromatic heterocycles. The molecule has 3 saturated heterocycles. The molecule has 0 radical (unpaired) electrons. The summed E-state index contributed by atoms with van der Waals surface area (Å²) in [5.41, 5.74) is 7.21. The number of piperidine rings is 1. The lowest BCUT2D eigenvalue weighted by molar-refractivity contribution is -0.141. The number of ether oxygens (including phenoxy) is 1. The molecule has 0 bridgehead atoms. The van der Waals surface area contributed by atoms with Gasteiger partial charge in [0.15, 0.2) is 11.6 Å². The van der Waals surface area contributed by atoms with E-state index in [2.05, 4.69) is 45.7 Å². The van der Waals surface area contributed by atoms with Gasteiger partial charge in [0.05, 0.1) is 45.7 Å². The second kappa shape index (κ2) is 19.1. The molecule has 4 N–H and O–H groups in total. The maximum atomic E-state index is 14.3. The quantitative estimate of drug-likeness (QED) is 0.113. The zero-order valence-corrected chi connectivity index (χ0v) is 38.6. The van der Waals surface area contributed by atoms with Crippen LogP contribution in [0.4, 0.5) is 11.5 Å². The lowest BCUT2D eigenvalue weighted by Crippen LogP contribution is -2.61. The summed E-state index contributed by atoms with van der Waals surface area (Å²) in [6, 6.07) is 18.7. The van der Waals surface area contributed by atoms with E-state index in [1.807, 2.05) is 82.6 Å². The van der Waals surface area contributed by atoms with Crippen LogP contribution in [-0.2, 0) is 9.59 Å². The first kappa shape index (κ1) is 44.6. The summed E-state index contributed by atoms with van der Waals surface area (Å²) in [4.78, 5) is 42.5. The molecule has 17 heteroatoms. The predicted molar refractivity (Wildman–Crippen MR) is 249 cm³/mol. The zero-order chi connectivity index (χ0) is 45.4. The summed E-state index contributed by atoms with van der Waals surface area (Å²) in [6.07, 6.45) is 1.31. The number of aliphatic hydroxyl groups excluding tert-OH is 1. The molecule has 5 aromatic rings. The van der Waals surface area contributed by atoms with Crippen LogP contribution < -0.4 is 20.3 Å². The summed E-state index contributed by atoms with van der Waals surface area (Å²) in [6.45, 7) is 16.2. The number of carbonyl (C=O) groups excluding carboxylic acids is 2. The third kappa shape index (κ3) is 9.55. The number of nitrogens with one attached hydrogen (secondary N) is 2. The van der Waals surface area contributed by atoms with E-state index in [1.54, 1.807) is 29.5 Å². The van der Waals surface area contributed by atoms with E-state index in [9.17, 15) is 19.8 Å². The molecule has 2 amide bonds. The Balaban J connectivity index is 0.756. The van der Waals surface area contributed by atoms with Crippen molar-refractivity contribution in [3.05, 3.63) is 83.2 Å². The number of hydrogen-bond acceptors (Lipinski definition) is 15. The molecular weight excluding hydrogens is 845 g/mol. The summed E-state index contributed by atoms with van der Waals surface area (Å²) in [5, 5.41) is 40.9. The molecule has 0 saturated carbocycles. The van der Waals surface area contributed by atoms with Gasteiger partial charge in [-0.3, -0.25) is 19.4 Å². The largest absolute Gasteiger partial charge is 0.507 e. The first-order chi connectivity index (χ1) is 31.4. The molecule has 3 fully saturated rings. The van der Waals surface area contributed by atoms with E-state index < -0.39 is 18.1 Å². The van der Waals surface area contributed by atoms with Crippen molar-refractivity contribution in [1.29, 1.82) is 0 Å². The second-order valence-electron chi connectivity index (χ2n) is 18.5. The standard InChI is InChI=1S/C48H60N10O6S/c1-28(2)44(48(62)58-26-36(59)20-40(58)47(61)51-30(4)32-10-12-33(13-11-32)45-31(5)50-27-65-45)42-22-43(54-64-42)63-29(3)24-55-16-14-34(15-17-55)56-18-19-57-35(25-56)23-49-46-39(57)21-38(52-53-46)37-8-6-7-9-41(37)60/h6-13,21-22,27-30,34-36,40,44,59-60H,14-20,23-26H2,1-5H3,(H,49,53)(H,51,61)/t29-,30-,35-,36+,40-,44+/m0/s1. The number of nitrogens with zero attached hydrogens (tertiary/aromatic N) is 8. The number of aromatic hydroxyl groups is 1. The number of β-amino-alcohol motifs (C(OH)–C–C–N with tert-alkyl or cyclic N) is 1. The van der Waals surface area contributed by atoms with Crippen LogP contribution in [0.15, 0.2) is 70.7 Å². The molecule has 9 rings (SSSR count). The Morgan fingerprint density at radius 1 is 0.985 bits per heavy atom. The van der Waals surface area contributed by atoms with Crippen LogP contribution in [0.25, 0.3) is 21.7 Å². The van der Waals surface area contributed by atoms with Gasteiger partial charge in [-0.05, 0) is 87.1 Å². The maximum absolute atomic E-state index is 14.3. The van der Waals surface area contributed by atoms with Crippen LogP contribution in [-0.4, -0.2) is 140 Å². The van der Waals surface area contributed by atoms with Crippen LogP contribution in [0.3, 0.4) is 0 Å². The van der Waals surface area contributed by atoms with Crippen molar-refractivity contribution in [2.45, 2.75) is 96.2 Å². The molecule has 344 valence electrons. The van der Waals surface area contributed by atoms with E-state index in [-0.39, 0.29) is 48.6 Å². The van der Waals surface area contributed by atoms with Gasteiger partial charge in [-0.25, -0.2) is 4.98 Å². The number of likely N-dealkylation sites (tertiary alicyclic amines) is 2. The minimum absolute atomic E-state index is 0.0590. The van der Waals surface area contributed by atoms with Gasteiger partial charge < -0.3 is 39.9 Å². The number of benzene rings is 2. The van der Waals surface area contributed by atoms with Crippen LogP contribution in [0.1, 0.15) is 75.9 Å². The number of piperazine rings is 1. The number of aromatic nitrogens is 4. The summed E-state index contributed by atoms with van der Waals surface area (Å²) >= 11 is 1.59. The van der Waals surface area contributed by atoms with Crippen molar-refractivity contribution in [3.8, 4) is 33.3 Å². The van der Waals surface area contributed by atoms with Gasteiger partial charge in [-0.15, -0.1) is 21.5 Å². The lowest BCUT2D eigenvalue weighted by atomic mass is 9.91. The molecule has 0 spiro atoms. The van der Waals surface area contributed by atoms with Gasteiger partial charge in [0.2, 0.25) is 11.8 Å². The molecule has 4 aliphatic rings. The van der Waals surface area contributed by atoms with Gasteiger partial charge in [-0.1, -0.05) is 50.2 Å². The van der Waals surface area contributed by atoms with Gasteiger partial charge in [-0.2, -0.15) is 0 Å². The first-order valence-electron chi connectivity index (χ1n) is 23.0. The van der Waals surface area contributed by atoms with Crippen LogP contribution in [0.2, 0.25) is 0 Å². The first-order valence-corrected chi connectivity index (χ1v) is 23.8. The summed E-state index contributed by atoms with van der Waals surface area (Å²) in [5.74, 6) is 0.197. The third-order valence-electron chi connectivity index (χ3n) is 13.6. The SMILES string of the molecule is Cc1ncsc1-c1ccc([C@H](C)NC(=O)[C@@H]2C[C@@H](O)CN2C(=O)[C@@H](c2cc(O[C@@H](C)CN3CCC(N4CCN5c6cc(-c7ccccc7O)nnc6NC[C@H]5C4)CC3)no2)C(C)C)cc1. The van der Waals surface area contributed by atoms with Crippen molar-refractivity contribution in [2.24, 2.45) is 5.92 Å². The number of aryl methyl sites for hydroxylation is 1. The number of carbonyl (C=O) groups is 2. The Kier molecular flexibility index (Phi) is 13.1. The number of amides is 2. The van der Waals surface area contributed by atoms with Crippen LogP contribution in [0.5, 0.6) is 11.6 Å². The fourth-order valence-corrected chi connectivity index (χ4v) is 10.9. The van der Waals surface area contributed by atoms with Crippen LogP contribution >= 0.6 is 11.3 Å². The molecule has 7 heterocycles. The normalized spacial score (nSPS) is 21.9. The Morgan fingerprint density at radius 2 is 1.77 bits per heavy atom. The molecule has 0 aliphatic carbocycles. The second-order valence-corrected chi connectivity index (χ2v) is 19.3. The van der Waals surface area contributed by atoms with E-state index in [4.69, 9.17) is 9.26 Å². The Hall–Kier alpha value is -5.62. The van der Waals surface area contributed by atoms with Crippen molar-refractivity contribution in [1.82, 2.24) is 40.4 Å². The third-order valence-corrected chi connectivity index (χ3v) is 14.6. The summed E-state index contributed by atoms with van der Waals surface area (Å²) in [7, 11) is 0. The molecule has 16 nitrogen and oxygen atoms in total. The Labute approximate surface area is 384 Å². The molecule has 6 atom stereocenters. The maximum Gasteiger partial charge on any atom is 0.254 e. The molecule has 2 aromatic carbocycles. The molecule has 0 unspecified atom stereocenters. The number of anilines is 2. The minimum Gasteiger partial charge on any atom is -0.507 e. The van der Waals surface area contributed by atoms with E-state index in [0.29, 0.717) is 35.0 Å². The Morgan fingerprint density at radius 3 is 2.51 bits per heavy atom. The molecule has 65 heavy (non-hydrogen) atoms. The topological polar surface area (TPSA) is 186 Å². The van der Waals surface area contributed by atoms with Gasteiger partial charge in [0.25, 0.3) is 5.88 Å². The highest BCUT2D eigenvalue weighted by molar-refractivity contribution is 7.13. The number of fused-ring (bicyclic) bond motifs is 3. The summed E-state index contributed by atoms with van der Waals surface area (Å²) < 4.78 is 12.1. The number of para-hydroxylation sites is 1. The number of phenolic OH excluding ortho intramolecular Hbond substituents is 1. The van der Waals surface area contributed by atoms with Gasteiger partial charge in [0.1, 0.15) is 23.8 Å². The average Bonchev–Trinajstić information content (AvgIpc) is 4.06. The van der Waals surface area contributed by atoms with Crippen molar-refractivity contribution in [2.75, 3.05) is 62.6 Å². The predicted octanol–water partition coefficient (Wildman–Crippen LogP) is 5.70. The highest BCUT2D eigenvalue weighted by atomic mass is 32.1. The monoisotopic (exact) mass is 904 g/mol. The number of hydrogen-bond donors (Lipinski definition) is 4. The molecular formula is C48H60N10O6S. The minimum atomic E-state index is -0.824. The smallest absolute Gasteiger partial charge is 0.254 e. The fourth-order valence-electron chi connectivity index (χ4n) is 10.1. The van der Waals surface area contributed by atoms with Gasteiger partial charge in [0, 0.05) is 63.4 Å². The fraction of sp³-hybridized carbons (Fsp3) is 0.500. The van der Waals surface area contributed by atoms with E-state index in [1.165, 1.54) is 4.90 Å². The number of rotatable bonds is 13. The van der Waals surface area contributed by atoms with Crippen LogP contribution in [0, 0.1) is 12.8 Å². The average molecular weight is 905 g/mol. The van der Waals surface area contributed by atoms with Gasteiger partial charge >= 0.3 is 0 Å². The van der Waals surface area contributed by atoms with Crippen molar-refractivity contribution >= 4 is 34.7 Å². The highest BCUT2D eigenvalue weighted by Gasteiger charge is 2.44. The van der Waals surface area contributed by atoms with E-state index in [0.717, 1.165) is 91.9 Å². The zero-order valence-electron chi connectivity index (χ0n) is 37.8. The Bertz CT molecular complexity index is 2450. The van der Waals surface area contributed by atoms with Crippen molar-refractivity contribution in [3.63, 3.8) is 0 Å². The van der Waals surface area contributed by atoms with E-state index >= 15 is 0 Å². The number of phenols is 1. The van der Waals surface area contributed by atoms with Crippen molar-refractivity contribution < 1.29 is 29.1 Å². The molecule has 4 aliphatic heterocycles. The number of thiazole rings is 1. The number of aliphatic hydroxyl groups is 1.